The molecular weight excluding hydrogens is 460 g/mol. The number of hydrogen-bond acceptors (Lipinski definition) is 5. The van der Waals surface area contributed by atoms with Crippen LogP contribution in [0.4, 0.5) is 0 Å². The molecule has 2 heterocycles. The van der Waals surface area contributed by atoms with Crippen LogP contribution in [-0.4, -0.2) is 48.0 Å². The van der Waals surface area contributed by atoms with Gasteiger partial charge in [-0.3, -0.25) is 9.78 Å². The van der Waals surface area contributed by atoms with Crippen LogP contribution in [0.5, 0.6) is 0 Å². The second-order valence-corrected chi connectivity index (χ2v) is 11.2. The Morgan fingerprint density at radius 3 is 2.49 bits per heavy atom. The molecule has 7 heteroatoms. The molecule has 5 rings (SSSR count). The van der Waals surface area contributed by atoms with E-state index in [9.17, 15) is 18.3 Å². The summed E-state index contributed by atoms with van der Waals surface area (Å²) in [7, 11) is -3.64. The number of carbonyl (C=O) groups is 1. The number of hydrogen-bond donors (Lipinski definition) is 1. The van der Waals surface area contributed by atoms with E-state index < -0.39 is 15.4 Å². The van der Waals surface area contributed by atoms with Gasteiger partial charge < -0.3 is 10.0 Å². The highest BCUT2D eigenvalue weighted by molar-refractivity contribution is 7.90. The molecule has 0 bridgehead atoms. The summed E-state index contributed by atoms with van der Waals surface area (Å²) >= 11 is 0. The Kier molecular flexibility index (Phi) is 5.91. The molecule has 0 unspecified atom stereocenters. The molecule has 35 heavy (non-hydrogen) atoms. The van der Waals surface area contributed by atoms with Gasteiger partial charge in [0.2, 0.25) is 0 Å². The smallest absolute Gasteiger partial charge is 0.254 e. The van der Waals surface area contributed by atoms with Gasteiger partial charge in [-0.1, -0.05) is 54.6 Å². The van der Waals surface area contributed by atoms with Crippen LogP contribution in [0.25, 0.3) is 10.9 Å². The Morgan fingerprint density at radius 2 is 1.74 bits per heavy atom. The Balaban J connectivity index is 1.30. The Hall–Kier alpha value is -3.55. The fraction of sp³-hybridized carbons (Fsp3) is 0.214. The SMILES string of the molecule is Cc1cc(C(=O)N2CC(O)(Cc3ccccc3)C2)ccc1CS(=O)(=O)c1cccc2cccnc12. The van der Waals surface area contributed by atoms with Crippen molar-refractivity contribution in [2.24, 2.45) is 0 Å². The van der Waals surface area contributed by atoms with Crippen molar-refractivity contribution in [3.8, 4) is 0 Å². The normalized spacial score (nSPS) is 15.1. The summed E-state index contributed by atoms with van der Waals surface area (Å²) in [6.45, 7) is 2.35. The number of sulfone groups is 1. The average molecular weight is 487 g/mol. The first kappa shape index (κ1) is 23.2. The lowest BCUT2D eigenvalue weighted by Crippen LogP contribution is -2.64. The first-order valence-electron chi connectivity index (χ1n) is 11.5. The molecule has 178 valence electrons. The number of rotatable bonds is 6. The molecule has 4 aromatic rings. The molecule has 1 aliphatic rings. The van der Waals surface area contributed by atoms with Crippen LogP contribution in [0, 0.1) is 6.92 Å². The van der Waals surface area contributed by atoms with E-state index in [1.165, 1.54) is 0 Å². The average Bonchev–Trinajstić information content (AvgIpc) is 2.83. The van der Waals surface area contributed by atoms with Crippen molar-refractivity contribution in [1.82, 2.24) is 9.88 Å². The maximum atomic E-state index is 13.2. The number of β-amino-alcohol motifs (C(OH)–C–C–N with tert-alkyl or cyclic N) is 1. The summed E-state index contributed by atoms with van der Waals surface area (Å²) in [5.74, 6) is -0.345. The number of pyridine rings is 1. The summed E-state index contributed by atoms with van der Waals surface area (Å²) in [5, 5.41) is 11.5. The monoisotopic (exact) mass is 486 g/mol. The molecule has 0 radical (unpaired) electrons. The third-order valence-corrected chi connectivity index (χ3v) is 8.19. The molecule has 1 aliphatic heterocycles. The summed E-state index contributed by atoms with van der Waals surface area (Å²) < 4.78 is 26.5. The van der Waals surface area contributed by atoms with Crippen LogP contribution < -0.4 is 0 Å². The van der Waals surface area contributed by atoms with E-state index in [0.717, 1.165) is 16.5 Å². The Bertz CT molecular complexity index is 1510. The van der Waals surface area contributed by atoms with Gasteiger partial charge in [-0.2, -0.15) is 0 Å². The van der Waals surface area contributed by atoms with Gasteiger partial charge in [0.15, 0.2) is 9.84 Å². The minimum absolute atomic E-state index is 0.168. The third-order valence-electron chi connectivity index (χ3n) is 6.50. The number of aliphatic hydroxyl groups is 1. The molecule has 1 saturated heterocycles. The molecular formula is C28H26N2O4S. The number of likely N-dealkylation sites (tertiary alicyclic amines) is 1. The summed E-state index contributed by atoms with van der Waals surface area (Å²) in [6, 6.07) is 23.6. The highest BCUT2D eigenvalue weighted by atomic mass is 32.2. The maximum absolute atomic E-state index is 13.2. The van der Waals surface area contributed by atoms with Crippen molar-refractivity contribution in [3.05, 3.63) is 107 Å². The molecule has 1 fully saturated rings. The topological polar surface area (TPSA) is 87.6 Å². The van der Waals surface area contributed by atoms with Gasteiger partial charge in [-0.05, 0) is 47.9 Å². The van der Waals surface area contributed by atoms with Crippen LogP contribution in [-0.2, 0) is 22.0 Å². The van der Waals surface area contributed by atoms with E-state index in [1.54, 1.807) is 47.5 Å². The fourth-order valence-corrected chi connectivity index (χ4v) is 6.32. The molecule has 0 saturated carbocycles. The van der Waals surface area contributed by atoms with Gasteiger partial charge in [0.25, 0.3) is 5.91 Å². The second-order valence-electron chi connectivity index (χ2n) is 9.28. The van der Waals surface area contributed by atoms with E-state index in [2.05, 4.69) is 4.98 Å². The lowest BCUT2D eigenvalue weighted by Gasteiger charge is -2.46. The zero-order valence-electron chi connectivity index (χ0n) is 19.4. The van der Waals surface area contributed by atoms with Crippen LogP contribution in [0.1, 0.15) is 27.0 Å². The summed E-state index contributed by atoms with van der Waals surface area (Å²) in [6.07, 6.45) is 2.08. The number of para-hydroxylation sites is 1. The van der Waals surface area contributed by atoms with Gasteiger partial charge in [-0.25, -0.2) is 8.42 Å². The van der Waals surface area contributed by atoms with Crippen LogP contribution >= 0.6 is 0 Å². The Morgan fingerprint density at radius 1 is 1.00 bits per heavy atom. The van der Waals surface area contributed by atoms with Crippen LogP contribution in [0.3, 0.4) is 0 Å². The summed E-state index contributed by atoms with van der Waals surface area (Å²) in [4.78, 5) is 19.1. The molecule has 0 atom stereocenters. The van der Waals surface area contributed by atoms with Crippen molar-refractivity contribution in [3.63, 3.8) is 0 Å². The number of carbonyl (C=O) groups excluding carboxylic acids is 1. The van der Waals surface area contributed by atoms with Crippen molar-refractivity contribution in [2.45, 2.75) is 29.6 Å². The lowest BCUT2D eigenvalue weighted by molar-refractivity contribution is -0.0799. The maximum Gasteiger partial charge on any atom is 0.254 e. The first-order valence-corrected chi connectivity index (χ1v) is 13.1. The molecule has 6 nitrogen and oxygen atoms in total. The minimum Gasteiger partial charge on any atom is -0.386 e. The molecule has 1 aromatic heterocycles. The van der Waals surface area contributed by atoms with Crippen molar-refractivity contribution < 1.29 is 18.3 Å². The van der Waals surface area contributed by atoms with Gasteiger partial charge in [0.1, 0.15) is 5.60 Å². The van der Waals surface area contributed by atoms with Crippen LogP contribution in [0.15, 0.2) is 90.0 Å². The van der Waals surface area contributed by atoms with Gasteiger partial charge in [0, 0.05) is 23.6 Å². The van der Waals surface area contributed by atoms with E-state index in [0.29, 0.717) is 23.1 Å². The number of aryl methyl sites for hydroxylation is 1. The van der Waals surface area contributed by atoms with E-state index in [1.807, 2.05) is 49.4 Å². The standard InChI is InChI=1S/C28H26N2O4S/c1-20-15-23(27(31)30-18-28(32,19-30)16-21-7-3-2-4-8-21)12-13-24(20)17-35(33,34)25-11-5-9-22-10-6-14-29-26(22)25/h2-15,32H,16-19H2,1H3. The van der Waals surface area contributed by atoms with Crippen molar-refractivity contribution in [2.75, 3.05) is 13.1 Å². The molecule has 1 N–H and O–H groups in total. The lowest BCUT2D eigenvalue weighted by atomic mass is 9.86. The van der Waals surface area contributed by atoms with Crippen molar-refractivity contribution >= 4 is 26.6 Å². The molecule has 3 aromatic carbocycles. The predicted octanol–water partition coefficient (Wildman–Crippen LogP) is 3.95. The number of fused-ring (bicyclic) bond motifs is 1. The molecule has 0 aliphatic carbocycles. The fourth-order valence-electron chi connectivity index (χ4n) is 4.68. The number of benzene rings is 3. The van der Waals surface area contributed by atoms with Gasteiger partial charge >= 0.3 is 0 Å². The highest BCUT2D eigenvalue weighted by Gasteiger charge is 2.43. The van der Waals surface area contributed by atoms with Gasteiger partial charge in [-0.15, -0.1) is 0 Å². The quantitative estimate of drug-likeness (QED) is 0.446. The van der Waals surface area contributed by atoms with E-state index >= 15 is 0 Å². The largest absolute Gasteiger partial charge is 0.386 e. The van der Waals surface area contributed by atoms with E-state index in [-0.39, 0.29) is 29.6 Å². The summed E-state index contributed by atoms with van der Waals surface area (Å²) in [5.41, 5.74) is 2.42. The van der Waals surface area contributed by atoms with E-state index in [4.69, 9.17) is 0 Å². The number of aromatic nitrogens is 1. The van der Waals surface area contributed by atoms with Crippen molar-refractivity contribution in [1.29, 1.82) is 0 Å². The third kappa shape index (κ3) is 4.70. The highest BCUT2D eigenvalue weighted by Crippen LogP contribution is 2.29. The van der Waals surface area contributed by atoms with Crippen LogP contribution in [0.2, 0.25) is 0 Å². The number of amides is 1. The second kappa shape index (κ2) is 8.91. The zero-order valence-corrected chi connectivity index (χ0v) is 20.2. The number of nitrogens with zero attached hydrogens (tertiary/aromatic N) is 2. The zero-order chi connectivity index (χ0) is 24.6. The predicted molar refractivity (Wildman–Crippen MR) is 135 cm³/mol. The molecule has 0 spiro atoms. The Labute approximate surface area is 204 Å². The minimum atomic E-state index is -3.64. The first-order chi connectivity index (χ1) is 16.7. The van der Waals surface area contributed by atoms with Gasteiger partial charge in [0.05, 0.1) is 29.3 Å². The molecule has 1 amide bonds.